The van der Waals surface area contributed by atoms with Crippen LogP contribution in [0.4, 0.5) is 0 Å². The fraction of sp³-hybridized carbons (Fsp3) is 0.250. The van der Waals surface area contributed by atoms with Gasteiger partial charge >= 0.3 is 0 Å². The van der Waals surface area contributed by atoms with Crippen LogP contribution in [0.25, 0.3) is 0 Å². The third kappa shape index (κ3) is 6.13. The smallest absolute Gasteiger partial charge is 0.273 e. The quantitative estimate of drug-likeness (QED) is 0.495. The van der Waals surface area contributed by atoms with E-state index in [1.165, 1.54) is 18.2 Å². The molecule has 3 amide bonds. The highest BCUT2D eigenvalue weighted by Crippen LogP contribution is 2.28. The molecule has 0 heterocycles. The maximum Gasteiger partial charge on any atom is 0.273 e. The van der Waals surface area contributed by atoms with Crippen molar-refractivity contribution in [1.82, 2.24) is 16.2 Å². The van der Waals surface area contributed by atoms with Crippen molar-refractivity contribution in [3.63, 3.8) is 0 Å². The van der Waals surface area contributed by atoms with Crippen LogP contribution in [-0.2, 0) is 4.79 Å². The molecule has 2 aromatic carbocycles. The number of rotatable bonds is 8. The summed E-state index contributed by atoms with van der Waals surface area (Å²) in [7, 11) is 0. The van der Waals surface area contributed by atoms with Crippen LogP contribution in [0.1, 0.15) is 34.6 Å². The van der Waals surface area contributed by atoms with Gasteiger partial charge in [-0.15, -0.1) is 0 Å². The van der Waals surface area contributed by atoms with E-state index in [0.717, 1.165) is 0 Å². The molecule has 0 fully saturated rings. The maximum atomic E-state index is 12.3. The Balaban J connectivity index is 1.88. The predicted molar refractivity (Wildman–Crippen MR) is 105 cm³/mol. The Labute approximate surface area is 168 Å². The lowest BCUT2D eigenvalue weighted by Crippen LogP contribution is -2.46. The molecule has 2 aromatic rings. The number of phenols is 1. The molecule has 4 N–H and O–H groups in total. The summed E-state index contributed by atoms with van der Waals surface area (Å²) < 4.78 is 10.9. The van der Waals surface area contributed by atoms with Crippen molar-refractivity contribution in [2.45, 2.75) is 13.8 Å². The Bertz CT molecular complexity index is 884. The van der Waals surface area contributed by atoms with Gasteiger partial charge in [0, 0.05) is 5.56 Å². The minimum atomic E-state index is -0.685. The van der Waals surface area contributed by atoms with Crippen molar-refractivity contribution in [2.24, 2.45) is 0 Å². The number of carbonyl (C=O) groups is 3. The fourth-order valence-corrected chi connectivity index (χ4v) is 2.36. The lowest BCUT2D eigenvalue weighted by atomic mass is 10.2. The molecular weight excluding hydrogens is 378 g/mol. The molecule has 0 saturated carbocycles. The first kappa shape index (κ1) is 21.5. The van der Waals surface area contributed by atoms with Crippen molar-refractivity contribution in [2.75, 3.05) is 19.8 Å². The van der Waals surface area contributed by atoms with Crippen LogP contribution in [0, 0.1) is 0 Å². The van der Waals surface area contributed by atoms with Gasteiger partial charge in [0.1, 0.15) is 5.75 Å². The summed E-state index contributed by atoms with van der Waals surface area (Å²) in [4.78, 5) is 36.0. The second kappa shape index (κ2) is 10.5. The average Bonchev–Trinajstić information content (AvgIpc) is 2.72. The van der Waals surface area contributed by atoms with Gasteiger partial charge < -0.3 is 19.9 Å². The van der Waals surface area contributed by atoms with Gasteiger partial charge in [-0.25, -0.2) is 0 Å². The van der Waals surface area contributed by atoms with Crippen LogP contribution < -0.4 is 25.6 Å². The van der Waals surface area contributed by atoms with Gasteiger partial charge in [-0.1, -0.05) is 12.1 Å². The number of ether oxygens (including phenoxy) is 2. The number of hydrogen-bond acceptors (Lipinski definition) is 6. The summed E-state index contributed by atoms with van der Waals surface area (Å²) in [6, 6.07) is 10.6. The molecule has 9 nitrogen and oxygen atoms in total. The first-order valence-corrected chi connectivity index (χ1v) is 9.01. The summed E-state index contributed by atoms with van der Waals surface area (Å²) in [5.74, 6) is -1.07. The molecule has 9 heteroatoms. The minimum Gasteiger partial charge on any atom is -0.507 e. The fourth-order valence-electron chi connectivity index (χ4n) is 2.36. The van der Waals surface area contributed by atoms with Crippen molar-refractivity contribution in [1.29, 1.82) is 0 Å². The Morgan fingerprint density at radius 1 is 0.897 bits per heavy atom. The topological polar surface area (TPSA) is 126 Å². The third-order valence-electron chi connectivity index (χ3n) is 3.68. The number of aromatic hydroxyl groups is 1. The van der Waals surface area contributed by atoms with Gasteiger partial charge in [0.05, 0.1) is 25.3 Å². The highest BCUT2D eigenvalue weighted by Gasteiger charge is 2.14. The molecule has 0 aliphatic carbocycles. The number of amides is 3. The summed E-state index contributed by atoms with van der Waals surface area (Å²) in [5.41, 5.74) is 4.63. The van der Waals surface area contributed by atoms with E-state index in [0.29, 0.717) is 30.3 Å². The molecule has 154 valence electrons. The van der Waals surface area contributed by atoms with E-state index in [2.05, 4.69) is 16.2 Å². The SMILES string of the molecule is CCOc1ccc(C(=O)NCC(=O)NNC(=O)c2ccccc2O)cc1OCC. The molecule has 0 spiro atoms. The molecule has 0 aliphatic heterocycles. The lowest BCUT2D eigenvalue weighted by molar-refractivity contribution is -0.120. The number of carbonyl (C=O) groups excluding carboxylic acids is 3. The largest absolute Gasteiger partial charge is 0.507 e. The van der Waals surface area contributed by atoms with E-state index in [9.17, 15) is 19.5 Å². The average molecular weight is 401 g/mol. The van der Waals surface area contributed by atoms with Crippen molar-refractivity contribution in [3.05, 3.63) is 53.6 Å². The first-order chi connectivity index (χ1) is 14.0. The Morgan fingerprint density at radius 3 is 2.28 bits per heavy atom. The van der Waals surface area contributed by atoms with Crippen LogP contribution in [0.5, 0.6) is 17.2 Å². The summed E-state index contributed by atoms with van der Waals surface area (Å²) in [6.07, 6.45) is 0. The Hall–Kier alpha value is -3.75. The lowest BCUT2D eigenvalue weighted by Gasteiger charge is -2.12. The number of para-hydroxylation sites is 1. The van der Waals surface area contributed by atoms with E-state index in [4.69, 9.17) is 9.47 Å². The van der Waals surface area contributed by atoms with E-state index in [1.807, 2.05) is 13.8 Å². The molecule has 0 unspecified atom stereocenters. The number of nitrogens with one attached hydrogen (secondary N) is 3. The molecule has 2 rings (SSSR count). The van der Waals surface area contributed by atoms with Crippen LogP contribution in [0.2, 0.25) is 0 Å². The van der Waals surface area contributed by atoms with Crippen LogP contribution in [-0.4, -0.2) is 42.6 Å². The summed E-state index contributed by atoms with van der Waals surface area (Å²) in [6.45, 7) is 4.16. The number of phenolic OH excluding ortho intramolecular Hbond substituents is 1. The highest BCUT2D eigenvalue weighted by molar-refractivity contribution is 5.99. The summed E-state index contributed by atoms with van der Waals surface area (Å²) >= 11 is 0. The molecule has 0 radical (unpaired) electrons. The van der Waals surface area contributed by atoms with Crippen LogP contribution >= 0.6 is 0 Å². The van der Waals surface area contributed by atoms with Crippen molar-refractivity contribution < 1.29 is 29.0 Å². The van der Waals surface area contributed by atoms with Gasteiger partial charge in [0.2, 0.25) is 0 Å². The third-order valence-corrected chi connectivity index (χ3v) is 3.68. The summed E-state index contributed by atoms with van der Waals surface area (Å²) in [5, 5.41) is 12.1. The zero-order valence-corrected chi connectivity index (χ0v) is 16.2. The molecule has 0 saturated heterocycles. The van der Waals surface area contributed by atoms with Crippen molar-refractivity contribution >= 4 is 17.7 Å². The van der Waals surface area contributed by atoms with E-state index < -0.39 is 17.7 Å². The van der Waals surface area contributed by atoms with Gasteiger partial charge in [0.25, 0.3) is 17.7 Å². The monoisotopic (exact) mass is 401 g/mol. The molecule has 29 heavy (non-hydrogen) atoms. The minimum absolute atomic E-state index is 0.00896. The Morgan fingerprint density at radius 2 is 1.59 bits per heavy atom. The predicted octanol–water partition coefficient (Wildman–Crippen LogP) is 1.38. The molecular formula is C20H23N3O6. The second-order valence-corrected chi connectivity index (χ2v) is 5.73. The number of hydrazine groups is 1. The maximum absolute atomic E-state index is 12.3. The van der Waals surface area contributed by atoms with Gasteiger partial charge in [-0.3, -0.25) is 25.2 Å². The molecule has 0 aliphatic rings. The van der Waals surface area contributed by atoms with Crippen LogP contribution in [0.15, 0.2) is 42.5 Å². The highest BCUT2D eigenvalue weighted by atomic mass is 16.5. The van der Waals surface area contributed by atoms with E-state index in [-0.39, 0.29) is 17.9 Å². The molecule has 0 bridgehead atoms. The van der Waals surface area contributed by atoms with Crippen molar-refractivity contribution in [3.8, 4) is 17.2 Å². The normalized spacial score (nSPS) is 10.0. The zero-order valence-electron chi connectivity index (χ0n) is 16.2. The van der Waals surface area contributed by atoms with Gasteiger partial charge in [-0.2, -0.15) is 0 Å². The number of hydrogen-bond donors (Lipinski definition) is 4. The first-order valence-electron chi connectivity index (χ1n) is 9.01. The number of benzene rings is 2. The van der Waals surface area contributed by atoms with Gasteiger partial charge in [0.15, 0.2) is 11.5 Å². The van der Waals surface area contributed by atoms with E-state index in [1.54, 1.807) is 24.3 Å². The molecule has 0 atom stereocenters. The molecule has 0 aromatic heterocycles. The van der Waals surface area contributed by atoms with E-state index >= 15 is 0 Å². The standard InChI is InChI=1S/C20H23N3O6/c1-3-28-16-10-9-13(11-17(16)29-4-2)19(26)21-12-18(25)22-23-20(27)14-7-5-6-8-15(14)24/h5-11,24H,3-4,12H2,1-2H3,(H,21,26)(H,22,25)(H,23,27). The Kier molecular flexibility index (Phi) is 7.84. The second-order valence-electron chi connectivity index (χ2n) is 5.73. The zero-order chi connectivity index (χ0) is 21.2. The van der Waals surface area contributed by atoms with Crippen LogP contribution in [0.3, 0.4) is 0 Å². The van der Waals surface area contributed by atoms with Gasteiger partial charge in [-0.05, 0) is 44.2 Å².